The molecule has 0 saturated heterocycles. The van der Waals surface area contributed by atoms with E-state index in [9.17, 15) is 32.6 Å². The number of amides is 1. The molecular formula is C15H12F3N2O7P. The quantitative estimate of drug-likeness (QED) is 0.370. The second-order valence-corrected chi connectivity index (χ2v) is 7.03. The summed E-state index contributed by atoms with van der Waals surface area (Å²) in [5.41, 5.74) is -2.09. The molecule has 0 atom stereocenters. The van der Waals surface area contributed by atoms with Gasteiger partial charge < -0.3 is 19.8 Å². The average molecular weight is 420 g/mol. The van der Waals surface area contributed by atoms with Crippen LogP contribution in [0.4, 0.5) is 18.9 Å². The maximum Gasteiger partial charge on any atom is 0.416 e. The normalized spacial score (nSPS) is 11.8. The standard InChI is InChI=1S/C15H12F3N2O7P/c16-15(17,18)9-1-3-10(4-2-9)27-11-5-6-13(20(22)23)12(7-11)14(21)19-8-28(24,25)26/h1-7H,8H2,(H,19,21)(H2,24,25,26). The SMILES string of the molecule is O=C(NCP(=O)(O)O)c1cc(Oc2ccc(C(F)(F)F)cc2)ccc1[N+](=O)[O-]. The maximum atomic E-state index is 12.6. The first kappa shape index (κ1) is 21.4. The first-order valence-corrected chi connectivity index (χ1v) is 9.13. The van der Waals surface area contributed by atoms with Gasteiger partial charge in [0.05, 0.1) is 10.5 Å². The lowest BCUT2D eigenvalue weighted by Gasteiger charge is -2.11. The molecule has 2 aromatic carbocycles. The number of rotatable bonds is 6. The predicted molar refractivity (Wildman–Crippen MR) is 89.0 cm³/mol. The molecule has 0 bridgehead atoms. The molecule has 0 fully saturated rings. The van der Waals surface area contributed by atoms with Crippen molar-refractivity contribution in [2.75, 3.05) is 6.29 Å². The Hall–Kier alpha value is -2.95. The fourth-order valence-corrected chi connectivity index (χ4v) is 2.39. The van der Waals surface area contributed by atoms with E-state index in [-0.39, 0.29) is 11.5 Å². The van der Waals surface area contributed by atoms with Gasteiger partial charge in [0, 0.05) is 12.1 Å². The Morgan fingerprint density at radius 1 is 1.14 bits per heavy atom. The van der Waals surface area contributed by atoms with Crippen molar-refractivity contribution in [3.05, 3.63) is 63.7 Å². The van der Waals surface area contributed by atoms with E-state index in [1.54, 1.807) is 0 Å². The third-order valence-electron chi connectivity index (χ3n) is 3.27. The highest BCUT2D eigenvalue weighted by molar-refractivity contribution is 7.51. The summed E-state index contributed by atoms with van der Waals surface area (Å²) in [5.74, 6) is -1.26. The van der Waals surface area contributed by atoms with Crippen molar-refractivity contribution in [2.24, 2.45) is 0 Å². The molecule has 9 nitrogen and oxygen atoms in total. The van der Waals surface area contributed by atoms with Gasteiger partial charge in [0.2, 0.25) is 0 Å². The molecule has 0 radical (unpaired) electrons. The smallest absolute Gasteiger partial charge is 0.416 e. The highest BCUT2D eigenvalue weighted by Gasteiger charge is 2.30. The van der Waals surface area contributed by atoms with Crippen molar-refractivity contribution in [1.29, 1.82) is 0 Å². The van der Waals surface area contributed by atoms with Crippen LogP contribution < -0.4 is 10.1 Å². The third kappa shape index (κ3) is 5.78. The molecule has 2 aromatic rings. The van der Waals surface area contributed by atoms with E-state index >= 15 is 0 Å². The van der Waals surface area contributed by atoms with Crippen molar-refractivity contribution in [2.45, 2.75) is 6.18 Å². The number of alkyl halides is 3. The lowest BCUT2D eigenvalue weighted by Crippen LogP contribution is -2.25. The van der Waals surface area contributed by atoms with Gasteiger partial charge in [-0.05, 0) is 30.3 Å². The Morgan fingerprint density at radius 3 is 2.21 bits per heavy atom. The third-order valence-corrected chi connectivity index (χ3v) is 3.84. The van der Waals surface area contributed by atoms with Crippen molar-refractivity contribution >= 4 is 19.2 Å². The monoisotopic (exact) mass is 420 g/mol. The summed E-state index contributed by atoms with van der Waals surface area (Å²) in [6.07, 6.45) is -5.57. The summed E-state index contributed by atoms with van der Waals surface area (Å²) in [5, 5.41) is 12.9. The van der Waals surface area contributed by atoms with Crippen LogP contribution >= 0.6 is 7.60 Å². The molecule has 0 aliphatic heterocycles. The van der Waals surface area contributed by atoms with E-state index in [1.807, 2.05) is 5.32 Å². The van der Waals surface area contributed by atoms with Crippen LogP contribution in [-0.2, 0) is 10.7 Å². The molecule has 0 aliphatic rings. The molecule has 150 valence electrons. The lowest BCUT2D eigenvalue weighted by molar-refractivity contribution is -0.385. The first-order valence-electron chi connectivity index (χ1n) is 7.33. The zero-order valence-electron chi connectivity index (χ0n) is 13.7. The number of ether oxygens (including phenoxy) is 1. The fourth-order valence-electron chi connectivity index (χ4n) is 2.04. The Morgan fingerprint density at radius 2 is 1.71 bits per heavy atom. The Bertz CT molecular complexity index is 942. The van der Waals surface area contributed by atoms with E-state index in [0.29, 0.717) is 0 Å². The molecule has 0 unspecified atom stereocenters. The number of nitro benzene ring substituents is 1. The van der Waals surface area contributed by atoms with Crippen LogP contribution in [0.5, 0.6) is 11.5 Å². The minimum atomic E-state index is -4.59. The predicted octanol–water partition coefficient (Wildman–Crippen LogP) is 3.27. The summed E-state index contributed by atoms with van der Waals surface area (Å²) < 4.78 is 53.8. The second kappa shape index (κ2) is 7.97. The van der Waals surface area contributed by atoms with Crippen LogP contribution in [0.25, 0.3) is 0 Å². The van der Waals surface area contributed by atoms with Crippen LogP contribution in [0, 0.1) is 10.1 Å². The molecule has 0 aromatic heterocycles. The van der Waals surface area contributed by atoms with Crippen molar-refractivity contribution < 1.29 is 42.0 Å². The van der Waals surface area contributed by atoms with E-state index in [4.69, 9.17) is 14.5 Å². The van der Waals surface area contributed by atoms with E-state index < -0.39 is 47.7 Å². The molecule has 1 amide bonds. The van der Waals surface area contributed by atoms with E-state index in [0.717, 1.165) is 42.5 Å². The van der Waals surface area contributed by atoms with Crippen LogP contribution in [0.15, 0.2) is 42.5 Å². The fraction of sp³-hybridized carbons (Fsp3) is 0.133. The van der Waals surface area contributed by atoms with Crippen LogP contribution in [0.1, 0.15) is 15.9 Å². The summed E-state index contributed by atoms with van der Waals surface area (Å²) >= 11 is 0. The Labute approximate surface area is 155 Å². The van der Waals surface area contributed by atoms with Gasteiger partial charge in [-0.2, -0.15) is 13.2 Å². The largest absolute Gasteiger partial charge is 0.457 e. The number of nitrogens with one attached hydrogen (secondary N) is 1. The highest BCUT2D eigenvalue weighted by atomic mass is 31.2. The number of benzene rings is 2. The number of nitrogens with zero attached hydrogens (tertiary/aromatic N) is 1. The van der Waals surface area contributed by atoms with Crippen molar-refractivity contribution in [3.8, 4) is 11.5 Å². The molecule has 0 spiro atoms. The number of halogens is 3. The highest BCUT2D eigenvalue weighted by Crippen LogP contribution is 2.34. The topological polar surface area (TPSA) is 139 Å². The van der Waals surface area contributed by atoms with Gasteiger partial charge in [-0.3, -0.25) is 19.5 Å². The van der Waals surface area contributed by atoms with Gasteiger partial charge in [0.15, 0.2) is 0 Å². The number of hydrogen-bond donors (Lipinski definition) is 3. The zero-order valence-corrected chi connectivity index (χ0v) is 14.6. The number of hydrogen-bond acceptors (Lipinski definition) is 5. The van der Waals surface area contributed by atoms with E-state index in [1.165, 1.54) is 0 Å². The molecule has 3 N–H and O–H groups in total. The van der Waals surface area contributed by atoms with Crippen LogP contribution in [0.3, 0.4) is 0 Å². The zero-order chi connectivity index (χ0) is 21.1. The molecule has 13 heteroatoms. The number of carbonyl (C=O) groups excluding carboxylic acids is 1. The maximum absolute atomic E-state index is 12.6. The minimum absolute atomic E-state index is 0.0246. The van der Waals surface area contributed by atoms with Crippen molar-refractivity contribution in [1.82, 2.24) is 5.32 Å². The van der Waals surface area contributed by atoms with Gasteiger partial charge >= 0.3 is 13.8 Å². The van der Waals surface area contributed by atoms with Gasteiger partial charge in [0.1, 0.15) is 23.3 Å². The van der Waals surface area contributed by atoms with Crippen LogP contribution in [0.2, 0.25) is 0 Å². The lowest BCUT2D eigenvalue weighted by atomic mass is 10.1. The van der Waals surface area contributed by atoms with Gasteiger partial charge in [-0.1, -0.05) is 0 Å². The summed E-state index contributed by atoms with van der Waals surface area (Å²) in [4.78, 5) is 39.8. The second-order valence-electron chi connectivity index (χ2n) is 5.39. The average Bonchev–Trinajstić information content (AvgIpc) is 2.58. The van der Waals surface area contributed by atoms with Crippen molar-refractivity contribution in [3.63, 3.8) is 0 Å². The van der Waals surface area contributed by atoms with Gasteiger partial charge in [0.25, 0.3) is 11.6 Å². The van der Waals surface area contributed by atoms with Gasteiger partial charge in [-0.25, -0.2) is 0 Å². The van der Waals surface area contributed by atoms with Crippen LogP contribution in [-0.4, -0.2) is 26.9 Å². The summed E-state index contributed by atoms with van der Waals surface area (Å²) in [6, 6.07) is 6.57. The summed E-state index contributed by atoms with van der Waals surface area (Å²) in [6.45, 7) is 0. The molecular weight excluding hydrogens is 408 g/mol. The minimum Gasteiger partial charge on any atom is -0.457 e. The number of nitro groups is 1. The molecule has 0 heterocycles. The number of carbonyl (C=O) groups is 1. The molecule has 0 aliphatic carbocycles. The molecule has 0 saturated carbocycles. The van der Waals surface area contributed by atoms with E-state index in [2.05, 4.69) is 0 Å². The molecule has 28 heavy (non-hydrogen) atoms. The Kier molecular flexibility index (Phi) is 6.07. The molecule has 2 rings (SSSR count). The summed E-state index contributed by atoms with van der Waals surface area (Å²) in [7, 11) is -4.59. The Balaban J connectivity index is 2.27. The first-order chi connectivity index (χ1) is 12.9. The van der Waals surface area contributed by atoms with Gasteiger partial charge in [-0.15, -0.1) is 0 Å².